The molecule has 0 fully saturated rings. The van der Waals surface area contributed by atoms with E-state index >= 15 is 0 Å². The second-order valence-electron chi connectivity index (χ2n) is 6.77. The molecule has 0 radical (unpaired) electrons. The molecule has 0 spiro atoms. The van der Waals surface area contributed by atoms with Gasteiger partial charge in [0, 0.05) is 17.8 Å². The number of nitrogens with zero attached hydrogens (tertiary/aromatic N) is 5. The molecule has 158 valence electrons. The molecule has 0 aliphatic rings. The van der Waals surface area contributed by atoms with Gasteiger partial charge in [-0.3, -0.25) is 4.79 Å². The van der Waals surface area contributed by atoms with Crippen molar-refractivity contribution in [2.45, 2.75) is 13.8 Å². The fraction of sp³-hybridized carbons (Fsp3) is 0.0909. The quantitative estimate of drug-likeness (QED) is 0.423. The molecule has 4 aromatic rings. The third kappa shape index (κ3) is 4.72. The van der Waals surface area contributed by atoms with Crippen molar-refractivity contribution in [2.75, 3.05) is 10.6 Å². The van der Waals surface area contributed by atoms with Gasteiger partial charge in [0.05, 0.1) is 22.6 Å². The maximum atomic E-state index is 12.6. The van der Waals surface area contributed by atoms with Crippen molar-refractivity contribution in [1.29, 1.82) is 5.26 Å². The molecule has 1 aromatic carbocycles. The monoisotopic (exact) mass is 461 g/mol. The Hall–Kier alpha value is -3.87. The summed E-state index contributed by atoms with van der Waals surface area (Å²) in [5.41, 5.74) is 3.19. The Morgan fingerprint density at radius 2 is 1.97 bits per heavy atom. The van der Waals surface area contributed by atoms with E-state index in [2.05, 4.69) is 30.6 Å². The summed E-state index contributed by atoms with van der Waals surface area (Å²) in [4.78, 5) is 30.2. The van der Waals surface area contributed by atoms with Gasteiger partial charge in [-0.1, -0.05) is 35.1 Å². The molecule has 0 saturated heterocycles. The van der Waals surface area contributed by atoms with E-state index < -0.39 is 0 Å². The molecule has 0 aliphatic carbocycles. The molecular weight excluding hydrogens is 446 g/mol. The van der Waals surface area contributed by atoms with Crippen LogP contribution in [0.25, 0.3) is 11.3 Å². The van der Waals surface area contributed by atoms with Gasteiger partial charge in [0.2, 0.25) is 0 Å². The van der Waals surface area contributed by atoms with Gasteiger partial charge in [0.15, 0.2) is 5.13 Å². The molecular formula is C22H16ClN7OS. The first-order chi connectivity index (χ1) is 15.4. The van der Waals surface area contributed by atoms with E-state index in [1.54, 1.807) is 37.4 Å². The fourth-order valence-corrected chi connectivity index (χ4v) is 3.89. The molecule has 2 N–H and O–H groups in total. The van der Waals surface area contributed by atoms with E-state index in [1.807, 2.05) is 25.1 Å². The van der Waals surface area contributed by atoms with Crippen molar-refractivity contribution in [2.24, 2.45) is 0 Å². The highest BCUT2D eigenvalue weighted by Crippen LogP contribution is 2.28. The first-order valence-corrected chi connectivity index (χ1v) is 10.6. The average molecular weight is 462 g/mol. The maximum Gasteiger partial charge on any atom is 0.267 e. The van der Waals surface area contributed by atoms with Gasteiger partial charge >= 0.3 is 0 Å². The van der Waals surface area contributed by atoms with E-state index in [1.165, 1.54) is 17.5 Å². The van der Waals surface area contributed by atoms with Crippen LogP contribution in [0.5, 0.6) is 0 Å². The van der Waals surface area contributed by atoms with Crippen LogP contribution in [0.3, 0.4) is 0 Å². The zero-order valence-corrected chi connectivity index (χ0v) is 18.6. The number of amides is 1. The van der Waals surface area contributed by atoms with Crippen molar-refractivity contribution in [3.05, 3.63) is 75.8 Å². The van der Waals surface area contributed by atoms with E-state index in [4.69, 9.17) is 16.9 Å². The number of carbonyl (C=O) groups excluding carboxylic acids is 1. The number of hydrogen-bond donors (Lipinski definition) is 2. The third-order valence-corrected chi connectivity index (χ3v) is 5.66. The van der Waals surface area contributed by atoms with Crippen LogP contribution in [-0.2, 0) is 0 Å². The third-order valence-electron chi connectivity index (χ3n) is 4.44. The zero-order valence-electron chi connectivity index (χ0n) is 17.0. The molecule has 8 nitrogen and oxygen atoms in total. The number of halogens is 1. The Bertz CT molecular complexity index is 1330. The summed E-state index contributed by atoms with van der Waals surface area (Å²) in [7, 11) is 0. The predicted octanol–water partition coefficient (Wildman–Crippen LogP) is 5.13. The largest absolute Gasteiger partial charge is 0.320 e. The molecule has 1 amide bonds. The summed E-state index contributed by atoms with van der Waals surface area (Å²) in [5, 5.41) is 15.8. The van der Waals surface area contributed by atoms with Crippen molar-refractivity contribution in [3.8, 4) is 17.3 Å². The summed E-state index contributed by atoms with van der Waals surface area (Å²) >= 11 is 7.39. The molecule has 3 heterocycles. The number of thiazole rings is 1. The summed E-state index contributed by atoms with van der Waals surface area (Å²) in [6.45, 7) is 3.65. The lowest BCUT2D eigenvalue weighted by atomic mass is 10.2. The highest BCUT2D eigenvalue weighted by molar-refractivity contribution is 7.17. The van der Waals surface area contributed by atoms with Crippen LogP contribution in [0.1, 0.15) is 26.8 Å². The number of hydrogen-bond acceptors (Lipinski definition) is 8. The number of nitriles is 1. The minimum Gasteiger partial charge on any atom is -0.320 e. The number of rotatable bonds is 5. The predicted molar refractivity (Wildman–Crippen MR) is 124 cm³/mol. The second-order valence-corrected chi connectivity index (χ2v) is 8.21. The highest BCUT2D eigenvalue weighted by Gasteiger charge is 2.15. The summed E-state index contributed by atoms with van der Waals surface area (Å²) in [6.07, 6.45) is 3.08. The molecule has 10 heteroatoms. The van der Waals surface area contributed by atoms with Crippen molar-refractivity contribution >= 4 is 45.5 Å². The minimum atomic E-state index is -0.296. The molecule has 3 aromatic heterocycles. The van der Waals surface area contributed by atoms with Gasteiger partial charge in [-0.05, 0) is 37.6 Å². The van der Waals surface area contributed by atoms with E-state index in [0.717, 1.165) is 11.1 Å². The lowest BCUT2D eigenvalue weighted by Gasteiger charge is -2.09. The number of nitrogens with one attached hydrogen (secondary N) is 2. The molecule has 0 aliphatic heterocycles. The molecule has 0 bridgehead atoms. The molecule has 0 unspecified atom stereocenters. The topological polar surface area (TPSA) is 116 Å². The lowest BCUT2D eigenvalue weighted by Crippen LogP contribution is -2.11. The summed E-state index contributed by atoms with van der Waals surface area (Å²) in [6, 6.07) is 12.6. The number of para-hydroxylation sites is 1. The molecule has 32 heavy (non-hydrogen) atoms. The standard InChI is InChI=1S/C22H16ClN7OS/c1-12-4-3-5-16(23)20(12)30-21(31)18-11-26-22(32-18)29-19-8-17(27-13(2)28-19)14-6-7-15(9-24)25-10-14/h3-8,10-11H,1-2H3,(H,30,31)(H,26,27,28,29). The van der Waals surface area contributed by atoms with Gasteiger partial charge < -0.3 is 10.6 Å². The molecule has 0 saturated carbocycles. The Balaban J connectivity index is 1.52. The van der Waals surface area contributed by atoms with Crippen LogP contribution >= 0.6 is 22.9 Å². The number of anilines is 3. The average Bonchev–Trinajstić information content (AvgIpc) is 3.24. The second kappa shape index (κ2) is 9.09. The van der Waals surface area contributed by atoms with Crippen molar-refractivity contribution in [3.63, 3.8) is 0 Å². The number of carbonyl (C=O) groups is 1. The van der Waals surface area contributed by atoms with Crippen LogP contribution in [-0.4, -0.2) is 25.8 Å². The SMILES string of the molecule is Cc1nc(Nc2ncc(C(=O)Nc3c(C)cccc3Cl)s2)cc(-c2ccc(C#N)nc2)n1. The van der Waals surface area contributed by atoms with Gasteiger partial charge in [0.25, 0.3) is 5.91 Å². The van der Waals surface area contributed by atoms with E-state index in [0.29, 0.717) is 43.7 Å². The minimum absolute atomic E-state index is 0.296. The van der Waals surface area contributed by atoms with E-state index in [-0.39, 0.29) is 5.91 Å². The van der Waals surface area contributed by atoms with Crippen LogP contribution in [0.4, 0.5) is 16.6 Å². The number of benzene rings is 1. The van der Waals surface area contributed by atoms with Gasteiger partial charge in [-0.25, -0.2) is 19.9 Å². The fourth-order valence-electron chi connectivity index (χ4n) is 2.90. The normalized spacial score (nSPS) is 10.4. The van der Waals surface area contributed by atoms with Crippen LogP contribution in [0, 0.1) is 25.2 Å². The lowest BCUT2D eigenvalue weighted by molar-refractivity contribution is 0.103. The maximum absolute atomic E-state index is 12.6. The Labute approximate surface area is 193 Å². The Morgan fingerprint density at radius 3 is 2.69 bits per heavy atom. The zero-order chi connectivity index (χ0) is 22.7. The number of pyridine rings is 1. The summed E-state index contributed by atoms with van der Waals surface area (Å²) < 4.78 is 0. The molecule has 0 atom stereocenters. The highest BCUT2D eigenvalue weighted by atomic mass is 35.5. The Morgan fingerprint density at radius 1 is 1.12 bits per heavy atom. The van der Waals surface area contributed by atoms with Crippen molar-refractivity contribution in [1.82, 2.24) is 19.9 Å². The smallest absolute Gasteiger partial charge is 0.267 e. The van der Waals surface area contributed by atoms with Gasteiger partial charge in [-0.2, -0.15) is 5.26 Å². The van der Waals surface area contributed by atoms with Crippen LogP contribution in [0.15, 0.2) is 48.8 Å². The van der Waals surface area contributed by atoms with Gasteiger partial charge in [-0.15, -0.1) is 0 Å². The number of aryl methyl sites for hydroxylation is 2. The number of aromatic nitrogens is 4. The van der Waals surface area contributed by atoms with E-state index in [9.17, 15) is 4.79 Å². The molecule has 4 rings (SSSR count). The van der Waals surface area contributed by atoms with Crippen molar-refractivity contribution < 1.29 is 4.79 Å². The van der Waals surface area contributed by atoms with Gasteiger partial charge in [0.1, 0.15) is 28.3 Å². The van der Waals surface area contributed by atoms with Crippen LogP contribution in [0.2, 0.25) is 5.02 Å². The van der Waals surface area contributed by atoms with Crippen LogP contribution < -0.4 is 10.6 Å². The summed E-state index contributed by atoms with van der Waals surface area (Å²) in [5.74, 6) is 0.785. The first-order valence-electron chi connectivity index (χ1n) is 9.44. The Kier molecular flexibility index (Phi) is 6.07. The first kappa shape index (κ1) is 21.4.